The molecule has 1 fully saturated rings. The standard InChI is InChI=1S/C21H21F2N3O3S2/c1-2-29-17-6-3-15(4-7-17)19-14-30-21(24-19)25-9-11-26(12-10-25)31(27,28)20-8-5-16(22)13-18(20)23/h3-8,13-14H,2,9-12H2,1H3. The van der Waals surface area contributed by atoms with Gasteiger partial charge < -0.3 is 9.64 Å². The minimum Gasteiger partial charge on any atom is -0.494 e. The number of nitrogens with zero attached hydrogens (tertiary/aromatic N) is 3. The van der Waals surface area contributed by atoms with E-state index in [4.69, 9.17) is 4.74 Å². The van der Waals surface area contributed by atoms with Crippen LogP contribution in [0.3, 0.4) is 0 Å². The first-order valence-electron chi connectivity index (χ1n) is 9.77. The summed E-state index contributed by atoms with van der Waals surface area (Å²) in [6.45, 7) is 3.78. The van der Waals surface area contributed by atoms with Gasteiger partial charge in [0.15, 0.2) is 5.13 Å². The fraction of sp³-hybridized carbons (Fsp3) is 0.286. The highest BCUT2D eigenvalue weighted by Gasteiger charge is 2.31. The van der Waals surface area contributed by atoms with Gasteiger partial charge in [-0.15, -0.1) is 11.3 Å². The number of aromatic nitrogens is 1. The van der Waals surface area contributed by atoms with Crippen molar-refractivity contribution in [2.75, 3.05) is 37.7 Å². The van der Waals surface area contributed by atoms with Gasteiger partial charge in [-0.3, -0.25) is 0 Å². The summed E-state index contributed by atoms with van der Waals surface area (Å²) in [5.74, 6) is -1.09. The second-order valence-electron chi connectivity index (χ2n) is 6.94. The predicted molar refractivity (Wildman–Crippen MR) is 116 cm³/mol. The molecule has 0 radical (unpaired) electrons. The molecule has 0 atom stereocenters. The summed E-state index contributed by atoms with van der Waals surface area (Å²) in [6, 6.07) is 10.2. The zero-order valence-electron chi connectivity index (χ0n) is 16.8. The second-order valence-corrected chi connectivity index (χ2v) is 9.68. The van der Waals surface area contributed by atoms with Gasteiger partial charge in [0.2, 0.25) is 10.0 Å². The van der Waals surface area contributed by atoms with E-state index >= 15 is 0 Å². The van der Waals surface area contributed by atoms with E-state index in [0.717, 1.165) is 34.3 Å². The maximum absolute atomic E-state index is 14.0. The lowest BCUT2D eigenvalue weighted by Gasteiger charge is -2.33. The Kier molecular flexibility index (Phi) is 6.22. The molecule has 0 spiro atoms. The quantitative estimate of drug-likeness (QED) is 0.551. The summed E-state index contributed by atoms with van der Waals surface area (Å²) in [7, 11) is -4.03. The fourth-order valence-electron chi connectivity index (χ4n) is 3.37. The number of hydrogen-bond acceptors (Lipinski definition) is 6. The number of piperazine rings is 1. The van der Waals surface area contributed by atoms with Gasteiger partial charge in [0, 0.05) is 43.2 Å². The Morgan fingerprint density at radius 2 is 1.77 bits per heavy atom. The third-order valence-electron chi connectivity index (χ3n) is 4.97. The largest absolute Gasteiger partial charge is 0.494 e. The molecule has 4 rings (SSSR count). The van der Waals surface area contributed by atoms with Crippen molar-refractivity contribution in [1.82, 2.24) is 9.29 Å². The zero-order valence-corrected chi connectivity index (χ0v) is 18.4. The second kappa shape index (κ2) is 8.89. The van der Waals surface area contributed by atoms with E-state index in [1.54, 1.807) is 0 Å². The number of thiazole rings is 1. The lowest BCUT2D eigenvalue weighted by molar-refractivity contribution is 0.340. The van der Waals surface area contributed by atoms with Crippen LogP contribution in [0.2, 0.25) is 0 Å². The number of benzene rings is 2. The molecule has 31 heavy (non-hydrogen) atoms. The molecule has 2 aromatic carbocycles. The summed E-state index contributed by atoms with van der Waals surface area (Å²) in [6.07, 6.45) is 0. The molecule has 0 saturated carbocycles. The predicted octanol–water partition coefficient (Wildman–Crippen LogP) is 4.00. The number of sulfonamides is 1. The van der Waals surface area contributed by atoms with Crippen molar-refractivity contribution in [2.45, 2.75) is 11.8 Å². The first-order chi connectivity index (χ1) is 14.9. The van der Waals surface area contributed by atoms with Crippen molar-refractivity contribution in [2.24, 2.45) is 0 Å². The molecule has 2 heterocycles. The summed E-state index contributed by atoms with van der Waals surface area (Å²) >= 11 is 1.49. The molecule has 0 bridgehead atoms. The van der Waals surface area contributed by atoms with Crippen LogP contribution in [0.25, 0.3) is 11.3 Å². The van der Waals surface area contributed by atoms with Crippen LogP contribution in [0.15, 0.2) is 52.7 Å². The van der Waals surface area contributed by atoms with Crippen LogP contribution in [0.1, 0.15) is 6.92 Å². The van der Waals surface area contributed by atoms with E-state index in [9.17, 15) is 17.2 Å². The first kappa shape index (κ1) is 21.7. The highest BCUT2D eigenvalue weighted by atomic mass is 32.2. The minimum absolute atomic E-state index is 0.192. The number of hydrogen-bond donors (Lipinski definition) is 0. The van der Waals surface area contributed by atoms with E-state index in [0.29, 0.717) is 25.8 Å². The third kappa shape index (κ3) is 4.56. The minimum atomic E-state index is -4.03. The molecule has 1 aliphatic rings. The number of rotatable bonds is 6. The Labute approximate surface area is 183 Å². The average molecular weight is 466 g/mol. The summed E-state index contributed by atoms with van der Waals surface area (Å²) < 4.78 is 59.3. The molecule has 0 aliphatic carbocycles. The Morgan fingerprint density at radius 1 is 1.06 bits per heavy atom. The molecule has 0 amide bonds. The topological polar surface area (TPSA) is 62.7 Å². The zero-order chi connectivity index (χ0) is 22.0. The fourth-order valence-corrected chi connectivity index (χ4v) is 5.73. The first-order valence-corrected chi connectivity index (χ1v) is 12.1. The van der Waals surface area contributed by atoms with Gasteiger partial charge in [-0.2, -0.15) is 4.31 Å². The molecule has 0 N–H and O–H groups in total. The smallest absolute Gasteiger partial charge is 0.246 e. The molecule has 3 aromatic rings. The van der Waals surface area contributed by atoms with Gasteiger partial charge in [0.25, 0.3) is 0 Å². The molecule has 1 saturated heterocycles. The number of halogens is 2. The van der Waals surface area contributed by atoms with Crippen LogP contribution in [0, 0.1) is 11.6 Å². The van der Waals surface area contributed by atoms with Gasteiger partial charge >= 0.3 is 0 Å². The van der Waals surface area contributed by atoms with E-state index < -0.39 is 26.6 Å². The highest BCUT2D eigenvalue weighted by Crippen LogP contribution is 2.30. The maximum atomic E-state index is 14.0. The number of anilines is 1. The van der Waals surface area contributed by atoms with Gasteiger partial charge in [0.1, 0.15) is 22.3 Å². The van der Waals surface area contributed by atoms with Crippen LogP contribution in [-0.2, 0) is 10.0 Å². The summed E-state index contributed by atoms with van der Waals surface area (Å²) in [5.41, 5.74) is 1.81. The summed E-state index contributed by atoms with van der Waals surface area (Å²) in [5, 5.41) is 2.76. The van der Waals surface area contributed by atoms with Crippen LogP contribution < -0.4 is 9.64 Å². The van der Waals surface area contributed by atoms with E-state index in [-0.39, 0.29) is 13.1 Å². The van der Waals surface area contributed by atoms with Crippen molar-refractivity contribution >= 4 is 26.5 Å². The highest BCUT2D eigenvalue weighted by molar-refractivity contribution is 7.89. The van der Waals surface area contributed by atoms with Crippen LogP contribution in [0.4, 0.5) is 13.9 Å². The van der Waals surface area contributed by atoms with E-state index in [1.165, 1.54) is 15.6 Å². The van der Waals surface area contributed by atoms with E-state index in [1.807, 2.05) is 41.5 Å². The normalized spacial score (nSPS) is 15.3. The van der Waals surface area contributed by atoms with Crippen molar-refractivity contribution < 1.29 is 21.9 Å². The lowest BCUT2D eigenvalue weighted by atomic mass is 10.2. The van der Waals surface area contributed by atoms with Gasteiger partial charge in [-0.05, 0) is 43.3 Å². The molecule has 6 nitrogen and oxygen atoms in total. The monoisotopic (exact) mass is 465 g/mol. The van der Waals surface area contributed by atoms with Gasteiger partial charge in [-0.25, -0.2) is 22.2 Å². The molecule has 0 unspecified atom stereocenters. The lowest BCUT2D eigenvalue weighted by Crippen LogP contribution is -2.48. The van der Waals surface area contributed by atoms with Crippen LogP contribution in [0.5, 0.6) is 5.75 Å². The van der Waals surface area contributed by atoms with Crippen molar-refractivity contribution in [3.05, 3.63) is 59.5 Å². The Bertz CT molecular complexity index is 1160. The number of ether oxygens (including phenoxy) is 1. The SMILES string of the molecule is CCOc1ccc(-c2csc(N3CCN(S(=O)(=O)c4ccc(F)cc4F)CC3)n2)cc1. The molecule has 1 aromatic heterocycles. The van der Waals surface area contributed by atoms with Crippen molar-refractivity contribution in [3.8, 4) is 17.0 Å². The van der Waals surface area contributed by atoms with Gasteiger partial charge in [0.05, 0.1) is 12.3 Å². The molecule has 164 valence electrons. The maximum Gasteiger partial charge on any atom is 0.246 e. The molecular weight excluding hydrogens is 444 g/mol. The van der Waals surface area contributed by atoms with Crippen LogP contribution in [-0.4, -0.2) is 50.5 Å². The Balaban J connectivity index is 1.43. The summed E-state index contributed by atoms with van der Waals surface area (Å²) in [4.78, 5) is 6.19. The van der Waals surface area contributed by atoms with E-state index in [2.05, 4.69) is 4.98 Å². The van der Waals surface area contributed by atoms with Gasteiger partial charge in [-0.1, -0.05) is 0 Å². The molecule has 10 heteroatoms. The van der Waals surface area contributed by atoms with Crippen molar-refractivity contribution in [3.63, 3.8) is 0 Å². The molecular formula is C21H21F2N3O3S2. The average Bonchev–Trinajstić information content (AvgIpc) is 3.25. The Hall–Kier alpha value is -2.56. The Morgan fingerprint density at radius 3 is 2.42 bits per heavy atom. The third-order valence-corrected chi connectivity index (χ3v) is 7.81. The molecule has 1 aliphatic heterocycles. The van der Waals surface area contributed by atoms with Crippen molar-refractivity contribution in [1.29, 1.82) is 0 Å². The van der Waals surface area contributed by atoms with Crippen LogP contribution >= 0.6 is 11.3 Å².